The lowest BCUT2D eigenvalue weighted by Crippen LogP contribution is -1.95. The highest BCUT2D eigenvalue weighted by Gasteiger charge is 2.22. The molecule has 8 aromatic heterocycles. The normalized spacial score (nSPS) is 12.1. The molecule has 748 valence electrons. The van der Waals surface area contributed by atoms with E-state index in [9.17, 15) is 35.7 Å². The van der Waals surface area contributed by atoms with Gasteiger partial charge < -0.3 is 78.7 Å². The molecule has 37 heteroatoms. The van der Waals surface area contributed by atoms with Gasteiger partial charge in [-0.2, -0.15) is 0 Å². The number of aromatic hydroxyl groups is 7. The van der Waals surface area contributed by atoms with Crippen LogP contribution in [0.15, 0.2) is 312 Å². The summed E-state index contributed by atoms with van der Waals surface area (Å²) < 4.78 is 42.0. The van der Waals surface area contributed by atoms with Crippen molar-refractivity contribution < 1.29 is 78.7 Å². The first-order valence-electron chi connectivity index (χ1n) is 44.3. The van der Waals surface area contributed by atoms with E-state index in [1.54, 1.807) is 198 Å². The zero-order valence-electron chi connectivity index (χ0n) is 79.3. The number of benzene rings is 8. The van der Waals surface area contributed by atoms with Gasteiger partial charge in [0.1, 0.15) is 5.75 Å². The molecule has 0 atom stereocenters. The minimum atomic E-state index is -0.680. The summed E-state index contributed by atoms with van der Waals surface area (Å²) in [6.07, 6.45) is 14.8. The van der Waals surface area contributed by atoms with Crippen LogP contribution in [0.1, 0.15) is 64.8 Å². The minimum absolute atomic E-state index is 0. The SMILES string of the molecule is C.COc1cc(-c2cccs2)cc(C=NC2CC2)c1O.COc1cc(-c2cccs2)cc(C=NC2N=NN=N2)c1O.COc1cc(-c2cccs2)cc(C=NCCO)c1O.COc1cc(-c2cccs2)cc(C=NCCSSCCN=Cc2cc(-c3cccs3)cc(OC)c2O)c1O.COc1cc(-c2cccs2)cc(C=Nc2ccccn2)c1O.COc1ccc(CN=Cc2cc(-c3cccs3)cc(OC)c2O)cc1. The minimum Gasteiger partial charge on any atom is -0.504 e. The molecule has 0 unspecified atom stereocenters. The first kappa shape index (κ1) is 109. The summed E-state index contributed by atoms with van der Waals surface area (Å²) in [6.45, 7) is 2.09. The van der Waals surface area contributed by atoms with Gasteiger partial charge in [0.2, 0.25) is 0 Å². The maximum absolute atomic E-state index is 10.5. The number of aromatic nitrogens is 1. The van der Waals surface area contributed by atoms with Crippen molar-refractivity contribution in [1.29, 1.82) is 0 Å². The quantitative estimate of drug-likeness (QED) is 0.0103. The Balaban J connectivity index is 0.000000158. The average molecular weight is 2120 g/mol. The summed E-state index contributed by atoms with van der Waals surface area (Å²) in [5.41, 5.74) is 12.3. The molecule has 8 aromatic carbocycles. The molecule has 1 aliphatic carbocycles. The van der Waals surface area contributed by atoms with Crippen LogP contribution >= 0.6 is 101 Å². The Labute approximate surface area is 876 Å². The van der Waals surface area contributed by atoms with E-state index in [2.05, 4.69) is 66.7 Å². The van der Waals surface area contributed by atoms with Crippen molar-refractivity contribution in [2.24, 2.45) is 55.6 Å². The molecule has 2 aliphatic rings. The molecule has 1 fully saturated rings. The van der Waals surface area contributed by atoms with Crippen LogP contribution in [-0.4, -0.2) is 196 Å². The van der Waals surface area contributed by atoms with Crippen molar-refractivity contribution in [3.05, 3.63) is 301 Å². The molecule has 0 amide bonds. The van der Waals surface area contributed by atoms with E-state index in [-0.39, 0.29) is 54.3 Å². The van der Waals surface area contributed by atoms with Gasteiger partial charge in [-0.1, -0.05) is 89.7 Å². The molecule has 0 bridgehead atoms. The van der Waals surface area contributed by atoms with Crippen LogP contribution in [0.4, 0.5) is 5.82 Å². The topological polar surface area (TPSA) is 385 Å². The third-order valence-electron chi connectivity index (χ3n) is 20.8. The van der Waals surface area contributed by atoms with Gasteiger partial charge >= 0.3 is 0 Å². The fourth-order valence-corrected chi connectivity index (χ4v) is 20.2. The molecular formula is C108H106N12O16S9. The van der Waals surface area contributed by atoms with Crippen molar-refractivity contribution in [2.45, 2.75) is 39.1 Å². The van der Waals surface area contributed by atoms with E-state index < -0.39 is 6.29 Å². The second-order valence-electron chi connectivity index (χ2n) is 30.4. The lowest BCUT2D eigenvalue weighted by Gasteiger charge is -2.09. The molecule has 145 heavy (non-hydrogen) atoms. The predicted octanol–water partition coefficient (Wildman–Crippen LogP) is 27.1. The monoisotopic (exact) mass is 2110 g/mol. The van der Waals surface area contributed by atoms with Gasteiger partial charge in [0.05, 0.1) is 82.6 Å². The number of hydrogen-bond acceptors (Lipinski definition) is 37. The van der Waals surface area contributed by atoms with E-state index in [1.165, 1.54) is 27.5 Å². The van der Waals surface area contributed by atoms with Crippen molar-refractivity contribution in [3.63, 3.8) is 0 Å². The van der Waals surface area contributed by atoms with Gasteiger partial charge in [-0.25, -0.2) is 15.0 Å². The zero-order chi connectivity index (χ0) is 101. The zero-order valence-corrected chi connectivity index (χ0v) is 86.6. The Hall–Kier alpha value is -14.6. The number of aliphatic hydroxyl groups is 1. The summed E-state index contributed by atoms with van der Waals surface area (Å²) in [4.78, 5) is 42.1. The third-order valence-corrected chi connectivity index (χ3v) is 29.6. The number of pyridine rings is 1. The fourth-order valence-electron chi connectivity index (χ4n) is 13.4. The fraction of sp³-hybridized carbons (Fsp3) is 0.185. The maximum atomic E-state index is 10.5. The van der Waals surface area contributed by atoms with Gasteiger partial charge in [0.25, 0.3) is 6.29 Å². The van der Waals surface area contributed by atoms with Crippen molar-refractivity contribution in [1.82, 2.24) is 4.98 Å². The molecule has 9 heterocycles. The number of methoxy groups -OCH3 is 8. The van der Waals surface area contributed by atoms with Crippen LogP contribution in [0.2, 0.25) is 0 Å². The van der Waals surface area contributed by atoms with Crippen LogP contribution in [0.25, 0.3) is 73.1 Å². The van der Waals surface area contributed by atoms with E-state index >= 15 is 0 Å². The average Bonchev–Trinajstić information content (AvgIpc) is 1.79. The van der Waals surface area contributed by atoms with Gasteiger partial charge in [-0.15, -0.1) is 89.6 Å². The standard InChI is InChI=1S/C28H28N2O4S4.C20H19NO3S.C17H14N2O2S.C15H15NO2S.C14H15NO3S.C13H11N5O2S.CH4/c1-33-23-15-19(25-5-3-9-35-25)13-21(27(23)31)17-29-7-11-37-38-12-8-30-18-22-14-20(26-6-4-10-36-26)16-24(34-2)28(22)32;1-23-17-7-5-14(6-8-17)12-21-13-16-10-15(19-4-3-9-25-19)11-18(24-2)20(16)22;1-21-14-10-12(15-5-4-8-22-15)9-13(17(14)20)11-19-16-6-2-3-7-18-16;1-18-13-8-10(14-3-2-6-19-14)7-11(15(13)17)9-16-12-4-5-12;1-18-12-8-10(13-3-2-6-19-13)7-11(14(12)17)9-15-4-5-16;1-20-10-6-8(11-3-2-4-21-11)5-9(12(10)19)7-14-13-15-17-18-16-13;/h3-6,9-10,13-18,31-32H,7-8,11-12H2,1-2H3;3-11,13,22H,12H2,1-2H3;2-11,20H,1H3;2-3,6-9,12,17H,4-5H2,1H3;2-3,6-9,16-17H,4-5H2,1H3;2-7,13,19H,1H3;1H4. The van der Waals surface area contributed by atoms with Gasteiger partial charge in [-0.3, -0.25) is 25.0 Å². The van der Waals surface area contributed by atoms with Crippen molar-refractivity contribution in [2.75, 3.05) is 94.6 Å². The number of phenols is 7. The smallest absolute Gasteiger partial charge is 0.275 e. The number of nitrogens with zero attached hydrogens (tertiary/aromatic N) is 12. The highest BCUT2D eigenvalue weighted by atomic mass is 33.1. The largest absolute Gasteiger partial charge is 0.504 e. The number of aliphatic imine (C=N–C) groups is 7. The summed E-state index contributed by atoms with van der Waals surface area (Å²) in [7, 11) is 15.9. The van der Waals surface area contributed by atoms with Crippen LogP contribution in [-0.2, 0) is 6.54 Å². The summed E-state index contributed by atoms with van der Waals surface area (Å²) in [5, 5.41) is 109. The Kier molecular flexibility index (Phi) is 42.9. The number of rotatable bonds is 36. The van der Waals surface area contributed by atoms with Crippen molar-refractivity contribution in [3.8, 4) is 159 Å². The molecule has 18 rings (SSSR count). The van der Waals surface area contributed by atoms with Gasteiger partial charge in [-0.05, 0) is 257 Å². The molecule has 16 aromatic rings. The van der Waals surface area contributed by atoms with Crippen LogP contribution in [0.3, 0.4) is 0 Å². The van der Waals surface area contributed by atoms with Crippen LogP contribution in [0.5, 0.6) is 86.2 Å². The molecule has 0 radical (unpaired) electrons. The first-order valence-corrected chi connectivity index (χ1v) is 53.0. The van der Waals surface area contributed by atoms with E-state index in [0.29, 0.717) is 112 Å². The van der Waals surface area contributed by atoms with E-state index in [0.717, 1.165) is 114 Å². The molecule has 0 spiro atoms. The molecule has 1 saturated carbocycles. The maximum Gasteiger partial charge on any atom is 0.275 e. The number of thiophene rings is 7. The predicted molar refractivity (Wildman–Crippen MR) is 599 cm³/mol. The van der Waals surface area contributed by atoms with E-state index in [4.69, 9.17) is 43.0 Å². The van der Waals surface area contributed by atoms with Crippen LogP contribution in [0, 0.1) is 0 Å². The first-order chi connectivity index (χ1) is 70.4. The Morgan fingerprint density at radius 3 is 0.883 bits per heavy atom. The summed E-state index contributed by atoms with van der Waals surface area (Å²) >= 11 is 11.4. The van der Waals surface area contributed by atoms with Gasteiger partial charge in [0, 0.05) is 147 Å². The number of phenolic OH excluding ortho intramolecular Hbond substituents is 7. The summed E-state index contributed by atoms with van der Waals surface area (Å²) in [5.74, 6) is 6.72. The summed E-state index contributed by atoms with van der Waals surface area (Å²) in [6, 6.07) is 67.9. The Morgan fingerprint density at radius 2 is 0.614 bits per heavy atom. The number of hydrogen-bond donors (Lipinski definition) is 8. The van der Waals surface area contributed by atoms with Gasteiger partial charge in [0.15, 0.2) is 86.3 Å². The van der Waals surface area contributed by atoms with E-state index in [1.807, 2.05) is 226 Å². The number of aliphatic hydroxyl groups excluding tert-OH is 1. The molecule has 28 nitrogen and oxygen atoms in total. The lowest BCUT2D eigenvalue weighted by molar-refractivity contribution is 0.307. The molecule has 0 saturated heterocycles. The van der Waals surface area contributed by atoms with Crippen LogP contribution < -0.4 is 37.9 Å². The number of ether oxygens (including phenoxy) is 8. The third kappa shape index (κ3) is 31.7. The molecular weight excluding hydrogens is 2010 g/mol. The second-order valence-corrected chi connectivity index (χ2v) is 39.8. The van der Waals surface area contributed by atoms with Crippen molar-refractivity contribution >= 4 is 150 Å². The lowest BCUT2D eigenvalue weighted by atomic mass is 10.1. The molecule has 1 aliphatic heterocycles. The second kappa shape index (κ2) is 57.0. The highest BCUT2D eigenvalue weighted by molar-refractivity contribution is 8.76. The molecule has 8 N–H and O–H groups in total. The Morgan fingerprint density at radius 1 is 0.324 bits per heavy atom. The Bertz CT molecular complexity index is 6910. The highest BCUT2D eigenvalue weighted by Crippen LogP contribution is 2.45.